The molecule has 1 amide bonds. The van der Waals surface area contributed by atoms with E-state index in [0.29, 0.717) is 17.1 Å². The Morgan fingerprint density at radius 3 is 2.23 bits per heavy atom. The molecular formula is C24H26N2O4S. The summed E-state index contributed by atoms with van der Waals surface area (Å²) < 4.78 is 33.5. The molecule has 3 rings (SSSR count). The number of benzene rings is 3. The Labute approximate surface area is 183 Å². The summed E-state index contributed by atoms with van der Waals surface area (Å²) in [5.41, 5.74) is 4.16. The van der Waals surface area contributed by atoms with E-state index in [2.05, 4.69) is 10.0 Å². The standard InChI is InChI=1S/C24H26N2O4S/c1-16-6-5-7-21(14-16)26-31(28,29)23-12-9-20(10-13-23)25-24(27)19(4)30-22-11-8-17(2)18(3)15-22/h5-15,19,26H,1-4H3,(H,25,27)/t19-/m0/s1. The van der Waals surface area contributed by atoms with Gasteiger partial charge in [-0.25, -0.2) is 8.42 Å². The fourth-order valence-corrected chi connectivity index (χ4v) is 3.98. The van der Waals surface area contributed by atoms with Crippen molar-refractivity contribution in [1.82, 2.24) is 0 Å². The molecule has 0 bridgehead atoms. The van der Waals surface area contributed by atoms with Gasteiger partial charge >= 0.3 is 0 Å². The van der Waals surface area contributed by atoms with Crippen LogP contribution < -0.4 is 14.8 Å². The molecule has 0 aliphatic heterocycles. The lowest BCUT2D eigenvalue weighted by atomic mass is 10.1. The SMILES string of the molecule is Cc1cccc(NS(=O)(=O)c2ccc(NC(=O)[C@H](C)Oc3ccc(C)c(C)c3)cc2)c1. The molecule has 0 saturated heterocycles. The van der Waals surface area contributed by atoms with Crippen LogP contribution in [0.4, 0.5) is 11.4 Å². The molecule has 0 fully saturated rings. The van der Waals surface area contributed by atoms with E-state index < -0.39 is 16.1 Å². The molecule has 162 valence electrons. The molecule has 0 saturated carbocycles. The minimum absolute atomic E-state index is 0.103. The number of aryl methyl sites for hydroxylation is 3. The molecule has 0 unspecified atom stereocenters. The summed E-state index contributed by atoms with van der Waals surface area (Å²) in [5.74, 6) is 0.293. The molecule has 3 aromatic rings. The molecule has 1 atom stereocenters. The van der Waals surface area contributed by atoms with Crippen molar-refractivity contribution in [3.8, 4) is 5.75 Å². The third-order valence-electron chi connectivity index (χ3n) is 4.86. The smallest absolute Gasteiger partial charge is 0.265 e. The molecule has 0 aliphatic rings. The van der Waals surface area contributed by atoms with Gasteiger partial charge in [-0.3, -0.25) is 9.52 Å². The molecule has 6 nitrogen and oxygen atoms in total. The highest BCUT2D eigenvalue weighted by Crippen LogP contribution is 2.20. The van der Waals surface area contributed by atoms with Crippen molar-refractivity contribution in [2.24, 2.45) is 0 Å². The number of amides is 1. The predicted molar refractivity (Wildman–Crippen MR) is 123 cm³/mol. The van der Waals surface area contributed by atoms with Gasteiger partial charge in [-0.1, -0.05) is 18.2 Å². The first-order chi connectivity index (χ1) is 14.6. The first-order valence-corrected chi connectivity index (χ1v) is 11.4. The lowest BCUT2D eigenvalue weighted by Gasteiger charge is -2.16. The number of nitrogens with one attached hydrogen (secondary N) is 2. The average molecular weight is 439 g/mol. The number of anilines is 2. The zero-order chi connectivity index (χ0) is 22.6. The number of carbonyl (C=O) groups is 1. The van der Waals surface area contributed by atoms with Crippen LogP contribution in [0.2, 0.25) is 0 Å². The van der Waals surface area contributed by atoms with E-state index >= 15 is 0 Å². The summed E-state index contributed by atoms with van der Waals surface area (Å²) in [6.45, 7) is 7.54. The zero-order valence-electron chi connectivity index (χ0n) is 18.0. The van der Waals surface area contributed by atoms with Crippen LogP contribution in [0.1, 0.15) is 23.6 Å². The lowest BCUT2D eigenvalue weighted by molar-refractivity contribution is -0.122. The molecule has 0 radical (unpaired) electrons. The van der Waals surface area contributed by atoms with Crippen LogP contribution >= 0.6 is 0 Å². The Morgan fingerprint density at radius 2 is 1.58 bits per heavy atom. The van der Waals surface area contributed by atoms with Gasteiger partial charge in [0, 0.05) is 11.4 Å². The molecule has 2 N–H and O–H groups in total. The monoisotopic (exact) mass is 438 g/mol. The van der Waals surface area contributed by atoms with Gasteiger partial charge in [-0.2, -0.15) is 0 Å². The number of rotatable bonds is 7. The number of hydrogen-bond donors (Lipinski definition) is 2. The highest BCUT2D eigenvalue weighted by atomic mass is 32.2. The fraction of sp³-hybridized carbons (Fsp3) is 0.208. The normalized spacial score (nSPS) is 12.1. The third kappa shape index (κ3) is 5.86. The van der Waals surface area contributed by atoms with Crippen LogP contribution in [-0.4, -0.2) is 20.4 Å². The molecule has 31 heavy (non-hydrogen) atoms. The van der Waals surface area contributed by atoms with Crippen molar-refractivity contribution in [2.75, 3.05) is 10.0 Å². The van der Waals surface area contributed by atoms with Crippen LogP contribution in [0, 0.1) is 20.8 Å². The van der Waals surface area contributed by atoms with Gasteiger partial charge in [-0.05, 0) is 92.9 Å². The van der Waals surface area contributed by atoms with E-state index in [0.717, 1.165) is 16.7 Å². The first-order valence-electron chi connectivity index (χ1n) is 9.88. The summed E-state index contributed by atoms with van der Waals surface area (Å²) in [7, 11) is -3.73. The minimum Gasteiger partial charge on any atom is -0.481 e. The summed E-state index contributed by atoms with van der Waals surface area (Å²) in [5, 5.41) is 2.74. The topological polar surface area (TPSA) is 84.5 Å². The zero-order valence-corrected chi connectivity index (χ0v) is 18.8. The fourth-order valence-electron chi connectivity index (χ4n) is 2.93. The summed E-state index contributed by atoms with van der Waals surface area (Å²) in [6.07, 6.45) is -0.714. The molecular weight excluding hydrogens is 412 g/mol. The summed E-state index contributed by atoms with van der Waals surface area (Å²) >= 11 is 0. The number of ether oxygens (including phenoxy) is 1. The highest BCUT2D eigenvalue weighted by molar-refractivity contribution is 7.92. The molecule has 0 aliphatic carbocycles. The van der Waals surface area contributed by atoms with Crippen molar-refractivity contribution in [3.05, 3.63) is 83.4 Å². The molecule has 7 heteroatoms. The second-order valence-electron chi connectivity index (χ2n) is 7.49. The highest BCUT2D eigenvalue weighted by Gasteiger charge is 2.17. The molecule has 0 aromatic heterocycles. The van der Waals surface area contributed by atoms with E-state index in [4.69, 9.17) is 4.74 Å². The van der Waals surface area contributed by atoms with Crippen LogP contribution in [0.3, 0.4) is 0 Å². The maximum Gasteiger partial charge on any atom is 0.265 e. The Morgan fingerprint density at radius 1 is 0.871 bits per heavy atom. The van der Waals surface area contributed by atoms with Crippen molar-refractivity contribution in [1.29, 1.82) is 0 Å². The maximum atomic E-state index is 12.6. The third-order valence-corrected chi connectivity index (χ3v) is 6.26. The van der Waals surface area contributed by atoms with E-state index in [9.17, 15) is 13.2 Å². The second kappa shape index (κ2) is 9.22. The van der Waals surface area contributed by atoms with Gasteiger partial charge in [-0.15, -0.1) is 0 Å². The van der Waals surface area contributed by atoms with Gasteiger partial charge in [0.1, 0.15) is 5.75 Å². The number of carbonyl (C=O) groups excluding carboxylic acids is 1. The first kappa shape index (κ1) is 22.4. The Kier molecular flexibility index (Phi) is 6.65. The number of sulfonamides is 1. The van der Waals surface area contributed by atoms with E-state index in [1.807, 2.05) is 45.0 Å². The second-order valence-corrected chi connectivity index (χ2v) is 9.18. The minimum atomic E-state index is -3.73. The largest absolute Gasteiger partial charge is 0.481 e. The van der Waals surface area contributed by atoms with Gasteiger partial charge in [0.2, 0.25) is 0 Å². The van der Waals surface area contributed by atoms with Crippen LogP contribution in [-0.2, 0) is 14.8 Å². The molecule has 0 spiro atoms. The van der Waals surface area contributed by atoms with E-state index in [1.54, 1.807) is 37.3 Å². The number of hydrogen-bond acceptors (Lipinski definition) is 4. The van der Waals surface area contributed by atoms with Gasteiger partial charge < -0.3 is 10.1 Å². The summed E-state index contributed by atoms with van der Waals surface area (Å²) in [4.78, 5) is 12.6. The van der Waals surface area contributed by atoms with E-state index in [1.165, 1.54) is 12.1 Å². The van der Waals surface area contributed by atoms with Crippen molar-refractivity contribution in [3.63, 3.8) is 0 Å². The Bertz CT molecular complexity index is 1190. The summed E-state index contributed by atoms with van der Waals surface area (Å²) in [6, 6.07) is 18.8. The van der Waals surface area contributed by atoms with Gasteiger partial charge in [0.05, 0.1) is 4.90 Å². The molecule has 0 heterocycles. The molecule has 3 aromatic carbocycles. The van der Waals surface area contributed by atoms with Crippen LogP contribution in [0.5, 0.6) is 5.75 Å². The van der Waals surface area contributed by atoms with Gasteiger partial charge in [0.15, 0.2) is 6.10 Å². The van der Waals surface area contributed by atoms with Crippen molar-refractivity contribution >= 4 is 27.3 Å². The Balaban J connectivity index is 1.63. The van der Waals surface area contributed by atoms with E-state index in [-0.39, 0.29) is 10.8 Å². The maximum absolute atomic E-state index is 12.6. The lowest BCUT2D eigenvalue weighted by Crippen LogP contribution is -2.30. The average Bonchev–Trinajstić information content (AvgIpc) is 2.71. The van der Waals surface area contributed by atoms with Crippen molar-refractivity contribution in [2.45, 2.75) is 38.7 Å². The predicted octanol–water partition coefficient (Wildman–Crippen LogP) is 4.82. The quantitative estimate of drug-likeness (QED) is 0.554. The van der Waals surface area contributed by atoms with Gasteiger partial charge in [0.25, 0.3) is 15.9 Å². The van der Waals surface area contributed by atoms with Crippen LogP contribution in [0.25, 0.3) is 0 Å². The van der Waals surface area contributed by atoms with Crippen molar-refractivity contribution < 1.29 is 17.9 Å². The Hall–Kier alpha value is -3.32. The van der Waals surface area contributed by atoms with Crippen LogP contribution in [0.15, 0.2) is 71.6 Å².